The molecule has 1 aromatic rings. The molecule has 0 aliphatic carbocycles. The third-order valence-electron chi connectivity index (χ3n) is 3.85. The van der Waals surface area contributed by atoms with Crippen LogP contribution in [0.2, 0.25) is 0 Å². The predicted octanol–water partition coefficient (Wildman–Crippen LogP) is 2.56. The molecule has 0 bridgehead atoms. The highest BCUT2D eigenvalue weighted by Crippen LogP contribution is 2.30. The molecule has 1 fully saturated rings. The molecule has 1 aliphatic rings. The lowest BCUT2D eigenvalue weighted by atomic mass is 10.0. The molecule has 1 heterocycles. The van der Waals surface area contributed by atoms with Gasteiger partial charge in [0.15, 0.2) is 0 Å². The molecule has 19 heavy (non-hydrogen) atoms. The molecule has 2 rings (SSSR count). The van der Waals surface area contributed by atoms with Gasteiger partial charge in [-0.25, -0.2) is 0 Å². The quantitative estimate of drug-likeness (QED) is 0.901. The maximum atomic E-state index is 10.9. The van der Waals surface area contributed by atoms with Gasteiger partial charge in [0.05, 0.1) is 18.1 Å². The lowest BCUT2D eigenvalue weighted by Crippen LogP contribution is -2.33. The van der Waals surface area contributed by atoms with Crippen LogP contribution < -0.4 is 0 Å². The molecule has 4 nitrogen and oxygen atoms in total. The predicted molar refractivity (Wildman–Crippen MR) is 71.6 cm³/mol. The highest BCUT2D eigenvalue weighted by molar-refractivity contribution is 5.67. The van der Waals surface area contributed by atoms with Crippen molar-refractivity contribution >= 4 is 5.97 Å². The summed E-state index contributed by atoms with van der Waals surface area (Å²) in [6, 6.07) is 9.97. The molecular weight excluding hydrogens is 240 g/mol. The summed E-state index contributed by atoms with van der Waals surface area (Å²) in [5, 5.41) is 17.7. The van der Waals surface area contributed by atoms with E-state index in [1.54, 1.807) is 0 Å². The minimum Gasteiger partial charge on any atom is -0.481 e. The lowest BCUT2D eigenvalue weighted by Gasteiger charge is -2.30. The largest absolute Gasteiger partial charge is 0.481 e. The van der Waals surface area contributed by atoms with Gasteiger partial charge in [-0.1, -0.05) is 12.1 Å². The van der Waals surface area contributed by atoms with Crippen molar-refractivity contribution in [2.45, 2.75) is 38.3 Å². The fourth-order valence-corrected chi connectivity index (χ4v) is 2.82. The van der Waals surface area contributed by atoms with E-state index in [-0.39, 0.29) is 18.5 Å². The van der Waals surface area contributed by atoms with E-state index in [2.05, 4.69) is 17.9 Å². The van der Waals surface area contributed by atoms with E-state index in [4.69, 9.17) is 10.4 Å². The first-order valence-electron chi connectivity index (χ1n) is 6.59. The zero-order valence-electron chi connectivity index (χ0n) is 11.0. The van der Waals surface area contributed by atoms with Crippen molar-refractivity contribution in [1.29, 1.82) is 5.26 Å². The number of rotatable bonds is 4. The molecular formula is C15H18N2O2. The Morgan fingerprint density at radius 3 is 2.79 bits per heavy atom. The Kier molecular flexibility index (Phi) is 4.18. The van der Waals surface area contributed by atoms with Gasteiger partial charge in [0.25, 0.3) is 0 Å². The van der Waals surface area contributed by atoms with E-state index in [1.807, 2.05) is 24.3 Å². The van der Waals surface area contributed by atoms with Crippen molar-refractivity contribution in [3.63, 3.8) is 0 Å². The minimum absolute atomic E-state index is 0.128. The van der Waals surface area contributed by atoms with Crippen molar-refractivity contribution in [2.75, 3.05) is 6.54 Å². The van der Waals surface area contributed by atoms with Crippen molar-refractivity contribution in [1.82, 2.24) is 4.90 Å². The van der Waals surface area contributed by atoms with Crippen LogP contribution in [0.4, 0.5) is 0 Å². The number of nitrogens with zero attached hydrogens (tertiary/aromatic N) is 2. The summed E-state index contributed by atoms with van der Waals surface area (Å²) in [5.41, 5.74) is 1.79. The number of carboxylic acid groups (broad SMARTS) is 1. The summed E-state index contributed by atoms with van der Waals surface area (Å²) in [6.07, 6.45) is 2.21. The maximum Gasteiger partial charge on any atom is 0.304 e. The summed E-state index contributed by atoms with van der Waals surface area (Å²) in [4.78, 5) is 13.1. The first-order valence-corrected chi connectivity index (χ1v) is 6.59. The number of hydrogen-bond donors (Lipinski definition) is 1. The normalized spacial score (nSPS) is 20.9. The van der Waals surface area contributed by atoms with Gasteiger partial charge >= 0.3 is 5.97 Å². The number of carbonyl (C=O) groups is 1. The smallest absolute Gasteiger partial charge is 0.304 e. The van der Waals surface area contributed by atoms with E-state index in [0.717, 1.165) is 24.9 Å². The van der Waals surface area contributed by atoms with Gasteiger partial charge in [0.1, 0.15) is 0 Å². The molecule has 1 aromatic carbocycles. The van der Waals surface area contributed by atoms with Crippen molar-refractivity contribution in [2.24, 2.45) is 0 Å². The Morgan fingerprint density at radius 1 is 1.53 bits per heavy atom. The maximum absolute atomic E-state index is 10.9. The van der Waals surface area contributed by atoms with Gasteiger partial charge in [0, 0.05) is 12.1 Å². The minimum atomic E-state index is -0.732. The topological polar surface area (TPSA) is 64.3 Å². The van der Waals surface area contributed by atoms with E-state index >= 15 is 0 Å². The monoisotopic (exact) mass is 258 g/mol. The third kappa shape index (κ3) is 3.12. The molecule has 0 amide bonds. The first kappa shape index (κ1) is 13.6. The van der Waals surface area contributed by atoms with Crippen LogP contribution in [0.15, 0.2) is 24.3 Å². The highest BCUT2D eigenvalue weighted by atomic mass is 16.4. The van der Waals surface area contributed by atoms with Crippen molar-refractivity contribution in [3.8, 4) is 6.07 Å². The first-order chi connectivity index (χ1) is 9.11. The fraction of sp³-hybridized carbons (Fsp3) is 0.467. The van der Waals surface area contributed by atoms with Crippen LogP contribution >= 0.6 is 0 Å². The number of nitriles is 1. The molecule has 2 atom stereocenters. The van der Waals surface area contributed by atoms with Crippen LogP contribution in [0.3, 0.4) is 0 Å². The van der Waals surface area contributed by atoms with E-state index < -0.39 is 5.97 Å². The zero-order chi connectivity index (χ0) is 13.8. The Morgan fingerprint density at radius 2 is 2.21 bits per heavy atom. The number of aliphatic carboxylic acids is 1. The van der Waals surface area contributed by atoms with Gasteiger partial charge < -0.3 is 5.11 Å². The fourth-order valence-electron chi connectivity index (χ4n) is 2.82. The second-order valence-corrected chi connectivity index (χ2v) is 5.04. The highest BCUT2D eigenvalue weighted by Gasteiger charge is 2.30. The Balaban J connectivity index is 2.11. The van der Waals surface area contributed by atoms with E-state index in [0.29, 0.717) is 5.56 Å². The van der Waals surface area contributed by atoms with Crippen LogP contribution in [-0.2, 0) is 4.79 Å². The number of likely N-dealkylation sites (tertiary alicyclic amines) is 1. The Labute approximate surface area is 113 Å². The molecule has 100 valence electrons. The molecule has 1 aliphatic heterocycles. The Bertz CT molecular complexity index is 490. The van der Waals surface area contributed by atoms with Gasteiger partial charge in [0.2, 0.25) is 0 Å². The zero-order valence-corrected chi connectivity index (χ0v) is 11.0. The SMILES string of the molecule is CC(c1ccc(C#N)cc1)N1CCCC1CC(=O)O. The molecule has 4 heteroatoms. The number of hydrogen-bond acceptors (Lipinski definition) is 3. The average molecular weight is 258 g/mol. The number of benzene rings is 1. The second kappa shape index (κ2) is 5.85. The van der Waals surface area contributed by atoms with E-state index in [9.17, 15) is 4.79 Å². The summed E-state index contributed by atoms with van der Waals surface area (Å²) in [6.45, 7) is 3.04. The number of carboxylic acids is 1. The molecule has 0 aromatic heterocycles. The van der Waals surface area contributed by atoms with Crippen LogP contribution in [0.25, 0.3) is 0 Å². The summed E-state index contributed by atoms with van der Waals surface area (Å²) >= 11 is 0. The molecule has 1 N–H and O–H groups in total. The lowest BCUT2D eigenvalue weighted by molar-refractivity contribution is -0.138. The third-order valence-corrected chi connectivity index (χ3v) is 3.85. The summed E-state index contributed by atoms with van der Waals surface area (Å²) in [7, 11) is 0. The van der Waals surface area contributed by atoms with Crippen LogP contribution in [0.1, 0.15) is 43.4 Å². The van der Waals surface area contributed by atoms with Crippen LogP contribution in [0.5, 0.6) is 0 Å². The van der Waals surface area contributed by atoms with Gasteiger partial charge in [-0.3, -0.25) is 9.69 Å². The van der Waals surface area contributed by atoms with Crippen molar-refractivity contribution < 1.29 is 9.90 Å². The summed E-state index contributed by atoms with van der Waals surface area (Å²) < 4.78 is 0. The average Bonchev–Trinajstić information content (AvgIpc) is 2.85. The standard InChI is InChI=1S/C15H18N2O2/c1-11(13-6-4-12(10-16)5-7-13)17-8-2-3-14(17)9-15(18)19/h4-7,11,14H,2-3,8-9H2,1H3,(H,18,19). The van der Waals surface area contributed by atoms with Gasteiger partial charge in [-0.05, 0) is 44.0 Å². The molecule has 0 saturated carbocycles. The van der Waals surface area contributed by atoms with Gasteiger partial charge in [-0.15, -0.1) is 0 Å². The Hall–Kier alpha value is -1.86. The summed E-state index contributed by atoms with van der Waals surface area (Å²) in [5.74, 6) is -0.732. The van der Waals surface area contributed by atoms with Crippen molar-refractivity contribution in [3.05, 3.63) is 35.4 Å². The van der Waals surface area contributed by atoms with Gasteiger partial charge in [-0.2, -0.15) is 5.26 Å². The van der Waals surface area contributed by atoms with E-state index in [1.165, 1.54) is 0 Å². The molecule has 0 radical (unpaired) electrons. The molecule has 0 spiro atoms. The molecule has 1 saturated heterocycles. The van der Waals surface area contributed by atoms with Crippen LogP contribution in [0, 0.1) is 11.3 Å². The van der Waals surface area contributed by atoms with Crippen LogP contribution in [-0.4, -0.2) is 28.6 Å². The second-order valence-electron chi connectivity index (χ2n) is 5.04. The molecule has 2 unspecified atom stereocenters.